The number of halogens is 2. The molecule has 0 amide bonds. The molecule has 0 saturated carbocycles. The lowest BCUT2D eigenvalue weighted by molar-refractivity contribution is 0.128. The Bertz CT molecular complexity index is 874. The number of nitrogens with zero attached hydrogens (tertiary/aromatic N) is 2. The van der Waals surface area contributed by atoms with E-state index < -0.39 is 15.8 Å². The second-order valence-corrected chi connectivity index (χ2v) is 8.29. The third kappa shape index (κ3) is 4.60. The molecule has 1 saturated heterocycles. The molecule has 0 atom stereocenters. The molecule has 0 aromatic heterocycles. The predicted molar refractivity (Wildman–Crippen MR) is 98.1 cm³/mol. The first-order valence-electron chi connectivity index (χ1n) is 8.13. The van der Waals surface area contributed by atoms with Crippen molar-refractivity contribution < 1.29 is 17.6 Å². The molecule has 138 valence electrons. The van der Waals surface area contributed by atoms with Crippen LogP contribution in [-0.2, 0) is 21.5 Å². The molecular weight excluding hydrogens is 379 g/mol. The van der Waals surface area contributed by atoms with Crippen LogP contribution in [-0.4, -0.2) is 31.5 Å². The average Bonchev–Trinajstić information content (AvgIpc) is 2.64. The van der Waals surface area contributed by atoms with Crippen molar-refractivity contribution in [2.24, 2.45) is 5.16 Å². The topological polar surface area (TPSA) is 59.0 Å². The molecule has 1 aliphatic rings. The standard InChI is InChI=1S/C18H18ClFN2O3S/c19-15-3-1-14(2-4-15)13-25-21-17-9-11-22(12-10-17)26(23,24)18-7-5-16(20)6-8-18/h1-8H,9-13H2. The van der Waals surface area contributed by atoms with Crippen LogP contribution in [0.25, 0.3) is 0 Å². The van der Waals surface area contributed by atoms with E-state index in [0.29, 0.717) is 37.6 Å². The summed E-state index contributed by atoms with van der Waals surface area (Å²) in [7, 11) is -3.61. The van der Waals surface area contributed by atoms with Gasteiger partial charge in [0.15, 0.2) is 0 Å². The van der Waals surface area contributed by atoms with Crippen LogP contribution in [0.5, 0.6) is 0 Å². The van der Waals surface area contributed by atoms with Crippen molar-refractivity contribution in [2.45, 2.75) is 24.3 Å². The van der Waals surface area contributed by atoms with Crippen LogP contribution < -0.4 is 0 Å². The van der Waals surface area contributed by atoms with Gasteiger partial charge < -0.3 is 4.84 Å². The Labute approximate surface area is 157 Å². The van der Waals surface area contributed by atoms with E-state index in [-0.39, 0.29) is 4.90 Å². The minimum atomic E-state index is -3.61. The Kier molecular flexibility index (Phi) is 5.90. The lowest BCUT2D eigenvalue weighted by Gasteiger charge is -2.26. The zero-order valence-electron chi connectivity index (χ0n) is 13.9. The lowest BCUT2D eigenvalue weighted by Crippen LogP contribution is -2.38. The van der Waals surface area contributed by atoms with E-state index in [2.05, 4.69) is 5.16 Å². The number of hydrogen-bond acceptors (Lipinski definition) is 4. The quantitative estimate of drug-likeness (QED) is 0.721. The maximum absolute atomic E-state index is 13.0. The summed E-state index contributed by atoms with van der Waals surface area (Å²) in [5.41, 5.74) is 1.78. The van der Waals surface area contributed by atoms with Gasteiger partial charge in [-0.15, -0.1) is 0 Å². The summed E-state index contributed by atoms with van der Waals surface area (Å²) in [4.78, 5) is 5.45. The summed E-state index contributed by atoms with van der Waals surface area (Å²) in [6, 6.07) is 12.1. The SMILES string of the molecule is O=S(=O)(c1ccc(F)cc1)N1CCC(=NOCc2ccc(Cl)cc2)CC1. The first-order valence-corrected chi connectivity index (χ1v) is 9.95. The third-order valence-corrected chi connectivity index (χ3v) is 6.25. The molecule has 0 aliphatic carbocycles. The number of oxime groups is 1. The maximum Gasteiger partial charge on any atom is 0.243 e. The molecule has 2 aromatic rings. The first-order chi connectivity index (χ1) is 12.4. The molecule has 0 spiro atoms. The fourth-order valence-corrected chi connectivity index (χ4v) is 4.18. The smallest absolute Gasteiger partial charge is 0.243 e. The fourth-order valence-electron chi connectivity index (χ4n) is 2.61. The van der Waals surface area contributed by atoms with Gasteiger partial charge in [-0.2, -0.15) is 4.31 Å². The van der Waals surface area contributed by atoms with Gasteiger partial charge in [-0.05, 0) is 42.0 Å². The van der Waals surface area contributed by atoms with E-state index in [1.54, 1.807) is 12.1 Å². The molecule has 8 heteroatoms. The van der Waals surface area contributed by atoms with Gasteiger partial charge in [-0.3, -0.25) is 0 Å². The van der Waals surface area contributed by atoms with Gasteiger partial charge in [0.25, 0.3) is 0 Å². The van der Waals surface area contributed by atoms with E-state index in [0.717, 1.165) is 23.4 Å². The summed E-state index contributed by atoms with van der Waals surface area (Å²) in [6.45, 7) is 0.976. The summed E-state index contributed by atoms with van der Waals surface area (Å²) in [5.74, 6) is -0.463. The predicted octanol–water partition coefficient (Wildman–Crippen LogP) is 3.84. The molecule has 5 nitrogen and oxygen atoms in total. The van der Waals surface area contributed by atoms with Crippen LogP contribution >= 0.6 is 11.6 Å². The highest BCUT2D eigenvalue weighted by Crippen LogP contribution is 2.20. The number of hydrogen-bond donors (Lipinski definition) is 0. The second-order valence-electron chi connectivity index (χ2n) is 5.92. The Hall–Kier alpha value is -1.96. The molecule has 2 aromatic carbocycles. The van der Waals surface area contributed by atoms with Gasteiger partial charge in [0.1, 0.15) is 12.4 Å². The molecule has 0 N–H and O–H groups in total. The van der Waals surface area contributed by atoms with E-state index in [1.165, 1.54) is 16.4 Å². The molecule has 1 aliphatic heterocycles. The van der Waals surface area contributed by atoms with Gasteiger partial charge in [-0.1, -0.05) is 28.9 Å². The van der Waals surface area contributed by atoms with Gasteiger partial charge in [-0.25, -0.2) is 12.8 Å². The number of sulfonamides is 1. The summed E-state index contributed by atoms with van der Waals surface area (Å²) in [6.07, 6.45) is 1.00. The van der Waals surface area contributed by atoms with E-state index in [4.69, 9.17) is 16.4 Å². The number of rotatable bonds is 5. The summed E-state index contributed by atoms with van der Waals surface area (Å²) >= 11 is 5.83. The molecule has 26 heavy (non-hydrogen) atoms. The monoisotopic (exact) mass is 396 g/mol. The van der Waals surface area contributed by atoms with Crippen molar-refractivity contribution in [3.8, 4) is 0 Å². The first kappa shape index (κ1) is 18.8. The van der Waals surface area contributed by atoms with Crippen molar-refractivity contribution in [3.05, 3.63) is 64.9 Å². The van der Waals surface area contributed by atoms with Crippen molar-refractivity contribution in [1.29, 1.82) is 0 Å². The van der Waals surface area contributed by atoms with Crippen LogP contribution in [0.3, 0.4) is 0 Å². The minimum Gasteiger partial charge on any atom is -0.391 e. The third-order valence-electron chi connectivity index (χ3n) is 4.09. The molecule has 0 bridgehead atoms. The largest absolute Gasteiger partial charge is 0.391 e. The lowest BCUT2D eigenvalue weighted by atomic mass is 10.1. The summed E-state index contributed by atoms with van der Waals surface area (Å²) < 4.78 is 39.5. The van der Waals surface area contributed by atoms with Crippen LogP contribution in [0.1, 0.15) is 18.4 Å². The fraction of sp³-hybridized carbons (Fsp3) is 0.278. The van der Waals surface area contributed by atoms with E-state index >= 15 is 0 Å². The Morgan fingerprint density at radius 2 is 1.65 bits per heavy atom. The molecule has 3 rings (SSSR count). The van der Waals surface area contributed by atoms with E-state index in [9.17, 15) is 12.8 Å². The number of piperidine rings is 1. The highest BCUT2D eigenvalue weighted by atomic mass is 35.5. The van der Waals surface area contributed by atoms with Crippen molar-refractivity contribution in [3.63, 3.8) is 0 Å². The van der Waals surface area contributed by atoms with Crippen molar-refractivity contribution >= 4 is 27.3 Å². The summed E-state index contributed by atoms with van der Waals surface area (Å²) in [5, 5.41) is 4.78. The van der Waals surface area contributed by atoms with Crippen LogP contribution in [0.15, 0.2) is 58.6 Å². The molecule has 0 radical (unpaired) electrons. The second kappa shape index (κ2) is 8.16. The van der Waals surface area contributed by atoms with Gasteiger partial charge in [0.2, 0.25) is 10.0 Å². The minimum absolute atomic E-state index is 0.0956. The normalized spacial score (nSPS) is 15.7. The molecule has 1 heterocycles. The highest BCUT2D eigenvalue weighted by molar-refractivity contribution is 7.89. The molecule has 0 unspecified atom stereocenters. The van der Waals surface area contributed by atoms with Crippen LogP contribution in [0, 0.1) is 5.82 Å². The van der Waals surface area contributed by atoms with Crippen molar-refractivity contribution in [1.82, 2.24) is 4.31 Å². The van der Waals surface area contributed by atoms with Crippen LogP contribution in [0.2, 0.25) is 5.02 Å². The zero-order chi connectivity index (χ0) is 18.6. The van der Waals surface area contributed by atoms with Crippen molar-refractivity contribution in [2.75, 3.05) is 13.1 Å². The van der Waals surface area contributed by atoms with Gasteiger partial charge >= 0.3 is 0 Å². The maximum atomic E-state index is 13.0. The van der Waals surface area contributed by atoms with Gasteiger partial charge in [0.05, 0.1) is 10.6 Å². The zero-order valence-corrected chi connectivity index (χ0v) is 15.5. The van der Waals surface area contributed by atoms with Crippen LogP contribution in [0.4, 0.5) is 4.39 Å². The average molecular weight is 397 g/mol. The van der Waals surface area contributed by atoms with Gasteiger partial charge in [0, 0.05) is 31.0 Å². The number of benzene rings is 2. The van der Waals surface area contributed by atoms with E-state index in [1.807, 2.05) is 12.1 Å². The highest BCUT2D eigenvalue weighted by Gasteiger charge is 2.28. The Balaban J connectivity index is 1.55. The molecular formula is C18H18ClFN2O3S. The Morgan fingerprint density at radius 3 is 2.27 bits per heavy atom. The molecule has 1 fully saturated rings. The Morgan fingerprint density at radius 1 is 1.04 bits per heavy atom.